The van der Waals surface area contributed by atoms with Gasteiger partial charge in [-0.15, -0.1) is 12.4 Å². The fourth-order valence-corrected chi connectivity index (χ4v) is 1.34. The Bertz CT molecular complexity index is 492. The summed E-state index contributed by atoms with van der Waals surface area (Å²) in [6, 6.07) is 3.43. The van der Waals surface area contributed by atoms with Gasteiger partial charge in [-0.1, -0.05) is 25.9 Å². The third kappa shape index (κ3) is 3.05. The number of halogens is 1. The van der Waals surface area contributed by atoms with E-state index in [0.29, 0.717) is 11.7 Å². The number of pyridine rings is 1. The molecule has 0 radical (unpaired) electrons. The molecule has 2 aromatic rings. The van der Waals surface area contributed by atoms with Gasteiger partial charge in [0.1, 0.15) is 0 Å². The van der Waals surface area contributed by atoms with E-state index in [9.17, 15) is 0 Å². The summed E-state index contributed by atoms with van der Waals surface area (Å²) < 4.78 is 5.19. The number of hydrogen-bond acceptors (Lipinski definition) is 5. The van der Waals surface area contributed by atoms with Crippen LogP contribution in [0.1, 0.15) is 32.7 Å². The minimum Gasteiger partial charge on any atom is -0.337 e. The van der Waals surface area contributed by atoms with Gasteiger partial charge in [0.25, 0.3) is 0 Å². The molecule has 18 heavy (non-hydrogen) atoms. The van der Waals surface area contributed by atoms with Crippen LogP contribution in [0.2, 0.25) is 0 Å². The molecule has 0 aliphatic carbocycles. The lowest BCUT2D eigenvalue weighted by atomic mass is 9.87. The summed E-state index contributed by atoms with van der Waals surface area (Å²) in [6.45, 7) is 6.10. The quantitative estimate of drug-likeness (QED) is 0.906. The van der Waals surface area contributed by atoms with Crippen LogP contribution >= 0.6 is 12.4 Å². The summed E-state index contributed by atoms with van der Waals surface area (Å²) in [7, 11) is 0. The third-order valence-electron chi connectivity index (χ3n) is 2.56. The molecule has 0 fully saturated rings. The molecule has 1 atom stereocenters. The van der Waals surface area contributed by atoms with Crippen molar-refractivity contribution in [2.24, 2.45) is 11.1 Å². The molecule has 0 saturated carbocycles. The Morgan fingerprint density at radius 2 is 2.06 bits per heavy atom. The van der Waals surface area contributed by atoms with Crippen LogP contribution in [0.4, 0.5) is 0 Å². The van der Waals surface area contributed by atoms with Gasteiger partial charge in [0.15, 0.2) is 0 Å². The maximum Gasteiger partial charge on any atom is 0.244 e. The molecule has 0 amide bonds. The SMILES string of the molecule is CC(C)(C)[C@H](N)c1nc(-c2cccnc2)no1.Cl. The highest BCUT2D eigenvalue weighted by molar-refractivity contribution is 5.85. The van der Waals surface area contributed by atoms with Crippen LogP contribution in [0.3, 0.4) is 0 Å². The van der Waals surface area contributed by atoms with E-state index in [4.69, 9.17) is 10.3 Å². The molecular formula is C12H17ClN4O. The molecule has 6 heteroatoms. The van der Waals surface area contributed by atoms with E-state index >= 15 is 0 Å². The van der Waals surface area contributed by atoms with Gasteiger partial charge in [-0.2, -0.15) is 4.98 Å². The molecule has 2 heterocycles. The summed E-state index contributed by atoms with van der Waals surface area (Å²) in [5, 5.41) is 3.91. The normalized spacial score (nSPS) is 12.9. The number of rotatable bonds is 2. The van der Waals surface area contributed by atoms with Crippen molar-refractivity contribution in [3.63, 3.8) is 0 Å². The maximum absolute atomic E-state index is 6.05. The molecule has 2 aromatic heterocycles. The molecule has 2 rings (SSSR count). The van der Waals surface area contributed by atoms with Crippen molar-refractivity contribution in [3.8, 4) is 11.4 Å². The van der Waals surface area contributed by atoms with Crippen LogP contribution in [0.5, 0.6) is 0 Å². The first kappa shape index (κ1) is 14.6. The lowest BCUT2D eigenvalue weighted by Crippen LogP contribution is -2.26. The van der Waals surface area contributed by atoms with Crippen molar-refractivity contribution in [1.82, 2.24) is 15.1 Å². The van der Waals surface area contributed by atoms with Crippen molar-refractivity contribution in [1.29, 1.82) is 0 Å². The molecule has 0 aliphatic heterocycles. The topological polar surface area (TPSA) is 77.8 Å². The van der Waals surface area contributed by atoms with E-state index in [1.165, 1.54) is 0 Å². The van der Waals surface area contributed by atoms with Crippen molar-refractivity contribution in [2.45, 2.75) is 26.8 Å². The lowest BCUT2D eigenvalue weighted by molar-refractivity contribution is 0.253. The van der Waals surface area contributed by atoms with E-state index in [1.54, 1.807) is 12.4 Å². The van der Waals surface area contributed by atoms with Crippen LogP contribution in [0, 0.1) is 5.41 Å². The largest absolute Gasteiger partial charge is 0.337 e. The second kappa shape index (κ2) is 5.46. The van der Waals surface area contributed by atoms with Gasteiger partial charge < -0.3 is 10.3 Å². The molecular weight excluding hydrogens is 252 g/mol. The maximum atomic E-state index is 6.05. The molecule has 0 saturated heterocycles. The number of nitrogens with zero attached hydrogens (tertiary/aromatic N) is 3. The molecule has 0 aromatic carbocycles. The van der Waals surface area contributed by atoms with Crippen molar-refractivity contribution >= 4 is 12.4 Å². The van der Waals surface area contributed by atoms with Crippen molar-refractivity contribution < 1.29 is 4.52 Å². The van der Waals surface area contributed by atoms with Crippen molar-refractivity contribution in [2.75, 3.05) is 0 Å². The van der Waals surface area contributed by atoms with Gasteiger partial charge in [0.2, 0.25) is 11.7 Å². The smallest absolute Gasteiger partial charge is 0.244 e. The average Bonchev–Trinajstić information content (AvgIpc) is 2.77. The van der Waals surface area contributed by atoms with E-state index in [2.05, 4.69) is 15.1 Å². The zero-order valence-electron chi connectivity index (χ0n) is 10.6. The van der Waals surface area contributed by atoms with Crippen molar-refractivity contribution in [3.05, 3.63) is 30.4 Å². The molecule has 5 nitrogen and oxygen atoms in total. The fourth-order valence-electron chi connectivity index (χ4n) is 1.34. The fraction of sp³-hybridized carbons (Fsp3) is 0.417. The van der Waals surface area contributed by atoms with Gasteiger partial charge >= 0.3 is 0 Å². The zero-order valence-corrected chi connectivity index (χ0v) is 11.4. The Labute approximate surface area is 112 Å². The minimum atomic E-state index is -0.277. The van der Waals surface area contributed by atoms with Crippen LogP contribution in [0.25, 0.3) is 11.4 Å². The highest BCUT2D eigenvalue weighted by atomic mass is 35.5. The Morgan fingerprint density at radius 1 is 1.33 bits per heavy atom. The third-order valence-corrected chi connectivity index (χ3v) is 2.56. The Balaban J connectivity index is 0.00000162. The van der Waals surface area contributed by atoms with E-state index in [1.807, 2.05) is 32.9 Å². The Hall–Kier alpha value is -1.46. The average molecular weight is 269 g/mol. The highest BCUT2D eigenvalue weighted by Gasteiger charge is 2.27. The van der Waals surface area contributed by atoms with E-state index in [0.717, 1.165) is 5.56 Å². The number of hydrogen-bond donors (Lipinski definition) is 1. The first-order valence-electron chi connectivity index (χ1n) is 5.48. The molecule has 2 N–H and O–H groups in total. The molecule has 0 bridgehead atoms. The summed E-state index contributed by atoms with van der Waals surface area (Å²) in [4.78, 5) is 8.32. The summed E-state index contributed by atoms with van der Waals surface area (Å²) in [5.74, 6) is 0.976. The van der Waals surface area contributed by atoms with Gasteiger partial charge in [-0.05, 0) is 17.5 Å². The van der Waals surface area contributed by atoms with Crippen LogP contribution in [-0.4, -0.2) is 15.1 Å². The zero-order chi connectivity index (χ0) is 12.5. The Morgan fingerprint density at radius 3 is 2.61 bits per heavy atom. The molecule has 0 aliphatic rings. The summed E-state index contributed by atoms with van der Waals surface area (Å²) in [6.07, 6.45) is 3.39. The first-order chi connectivity index (χ1) is 7.98. The molecule has 98 valence electrons. The van der Waals surface area contributed by atoms with Gasteiger partial charge in [0, 0.05) is 18.0 Å². The molecule has 0 unspecified atom stereocenters. The second-order valence-corrected chi connectivity index (χ2v) is 5.04. The number of nitrogens with two attached hydrogens (primary N) is 1. The second-order valence-electron chi connectivity index (χ2n) is 5.04. The monoisotopic (exact) mass is 268 g/mol. The predicted octanol–water partition coefficient (Wildman–Crippen LogP) is 2.60. The standard InChI is InChI=1S/C12H16N4O.ClH/c1-12(2,3)9(13)11-15-10(16-17-11)8-5-4-6-14-7-8;/h4-7,9H,13H2,1-3H3;1H/t9-;/m1./s1. The Kier molecular flexibility index (Phi) is 4.43. The van der Waals surface area contributed by atoms with E-state index in [-0.39, 0.29) is 23.9 Å². The van der Waals surface area contributed by atoms with Gasteiger partial charge in [-0.25, -0.2) is 0 Å². The van der Waals surface area contributed by atoms with Gasteiger partial charge in [-0.3, -0.25) is 4.98 Å². The predicted molar refractivity (Wildman–Crippen MR) is 71.2 cm³/mol. The first-order valence-corrected chi connectivity index (χ1v) is 5.48. The minimum absolute atomic E-state index is 0. The van der Waals surface area contributed by atoms with Crippen LogP contribution in [-0.2, 0) is 0 Å². The van der Waals surface area contributed by atoms with Crippen LogP contribution in [0.15, 0.2) is 29.0 Å². The van der Waals surface area contributed by atoms with Gasteiger partial charge in [0.05, 0.1) is 6.04 Å². The summed E-state index contributed by atoms with van der Waals surface area (Å²) in [5.41, 5.74) is 6.76. The summed E-state index contributed by atoms with van der Waals surface area (Å²) >= 11 is 0. The highest BCUT2D eigenvalue weighted by Crippen LogP contribution is 2.30. The van der Waals surface area contributed by atoms with E-state index < -0.39 is 0 Å². The van der Waals surface area contributed by atoms with Crippen LogP contribution < -0.4 is 5.73 Å². The number of aromatic nitrogens is 3. The molecule has 0 spiro atoms. The lowest BCUT2D eigenvalue weighted by Gasteiger charge is -2.23.